The molecule has 1 N–H and O–H groups in total. The van der Waals surface area contributed by atoms with Crippen LogP contribution in [0.15, 0.2) is 23.6 Å². The van der Waals surface area contributed by atoms with Gasteiger partial charge in [0.2, 0.25) is 0 Å². The van der Waals surface area contributed by atoms with Crippen LogP contribution in [0, 0.1) is 12.7 Å². The molecule has 0 aliphatic rings. The number of aliphatic hydroxyl groups excluding tert-OH is 1. The number of aryl methyl sites for hydroxylation is 1. The number of aromatic nitrogens is 1. The van der Waals surface area contributed by atoms with E-state index in [9.17, 15) is 9.50 Å². The minimum atomic E-state index is -0.612. The van der Waals surface area contributed by atoms with Crippen molar-refractivity contribution in [3.8, 4) is 10.6 Å². The highest BCUT2D eigenvalue weighted by molar-refractivity contribution is 7.13. The fraction of sp³-hybridized carbons (Fsp3) is 0.250. The van der Waals surface area contributed by atoms with Gasteiger partial charge in [-0.05, 0) is 31.5 Å². The summed E-state index contributed by atoms with van der Waals surface area (Å²) in [5.74, 6) is -0.272. The predicted octanol–water partition coefficient (Wildman–Crippen LogP) is 3.31. The molecule has 0 spiro atoms. The number of nitrogens with zero attached hydrogens (tertiary/aromatic N) is 1. The number of benzene rings is 1. The zero-order valence-electron chi connectivity index (χ0n) is 9.07. The molecular weight excluding hydrogens is 225 g/mol. The number of hydrogen-bond acceptors (Lipinski definition) is 3. The van der Waals surface area contributed by atoms with Gasteiger partial charge in [0.05, 0.1) is 11.8 Å². The maximum atomic E-state index is 13.7. The van der Waals surface area contributed by atoms with Crippen LogP contribution in [-0.2, 0) is 0 Å². The summed E-state index contributed by atoms with van der Waals surface area (Å²) in [5.41, 5.74) is 1.95. The van der Waals surface area contributed by atoms with E-state index in [1.807, 2.05) is 13.0 Å². The molecule has 2 aromatic rings. The molecule has 0 aliphatic heterocycles. The molecule has 0 fully saturated rings. The van der Waals surface area contributed by atoms with E-state index in [1.54, 1.807) is 18.4 Å². The summed E-state index contributed by atoms with van der Waals surface area (Å²) in [7, 11) is 0. The number of halogens is 1. The second-order valence-corrected chi connectivity index (χ2v) is 4.59. The van der Waals surface area contributed by atoms with Gasteiger partial charge in [-0.15, -0.1) is 11.3 Å². The van der Waals surface area contributed by atoms with Crippen LogP contribution >= 0.6 is 11.3 Å². The van der Waals surface area contributed by atoms with Crippen molar-refractivity contribution in [2.45, 2.75) is 20.0 Å². The molecular formula is C12H12FNOS. The predicted molar refractivity (Wildman–Crippen MR) is 62.9 cm³/mol. The van der Waals surface area contributed by atoms with Crippen molar-refractivity contribution in [3.05, 3.63) is 40.7 Å². The maximum Gasteiger partial charge on any atom is 0.133 e. The Morgan fingerprint density at radius 3 is 2.75 bits per heavy atom. The standard InChI is InChI=1S/C12H12FNOS/c1-7-3-4-9(10(13)5-7)12-14-11(6-16-12)8(2)15/h3-6,8,15H,1-2H3. The van der Waals surface area contributed by atoms with E-state index < -0.39 is 6.10 Å². The Kier molecular flexibility index (Phi) is 3.03. The first kappa shape index (κ1) is 11.2. The van der Waals surface area contributed by atoms with Gasteiger partial charge in [0.1, 0.15) is 10.8 Å². The molecule has 2 rings (SSSR count). The lowest BCUT2D eigenvalue weighted by atomic mass is 10.1. The summed E-state index contributed by atoms with van der Waals surface area (Å²) < 4.78 is 13.7. The van der Waals surface area contributed by atoms with Crippen LogP contribution in [0.25, 0.3) is 10.6 Å². The van der Waals surface area contributed by atoms with Crippen LogP contribution in [0.5, 0.6) is 0 Å². The van der Waals surface area contributed by atoms with Gasteiger partial charge in [0.25, 0.3) is 0 Å². The lowest BCUT2D eigenvalue weighted by Crippen LogP contribution is -1.91. The average Bonchev–Trinajstić information content (AvgIpc) is 2.66. The molecule has 1 unspecified atom stereocenters. The van der Waals surface area contributed by atoms with Crippen molar-refractivity contribution in [2.24, 2.45) is 0 Å². The Balaban J connectivity index is 2.42. The zero-order valence-corrected chi connectivity index (χ0v) is 9.88. The summed E-state index contributed by atoms with van der Waals surface area (Å²) in [6.45, 7) is 3.49. The fourth-order valence-corrected chi connectivity index (χ4v) is 2.33. The molecule has 16 heavy (non-hydrogen) atoms. The third-order valence-corrected chi connectivity index (χ3v) is 3.20. The lowest BCUT2D eigenvalue weighted by molar-refractivity contribution is 0.195. The quantitative estimate of drug-likeness (QED) is 0.869. The van der Waals surface area contributed by atoms with Gasteiger partial charge in [-0.2, -0.15) is 0 Å². The van der Waals surface area contributed by atoms with E-state index in [0.29, 0.717) is 16.3 Å². The molecule has 2 nitrogen and oxygen atoms in total. The van der Waals surface area contributed by atoms with Crippen LogP contribution in [0.1, 0.15) is 24.3 Å². The molecule has 84 valence electrons. The summed E-state index contributed by atoms with van der Waals surface area (Å²) >= 11 is 1.34. The molecule has 1 heterocycles. The highest BCUT2D eigenvalue weighted by Gasteiger charge is 2.11. The molecule has 1 aromatic heterocycles. The van der Waals surface area contributed by atoms with Gasteiger partial charge in [-0.1, -0.05) is 6.07 Å². The third kappa shape index (κ3) is 2.13. The Hall–Kier alpha value is -1.26. The first-order valence-corrected chi connectivity index (χ1v) is 5.86. The number of hydrogen-bond donors (Lipinski definition) is 1. The fourth-order valence-electron chi connectivity index (χ4n) is 1.40. The highest BCUT2D eigenvalue weighted by atomic mass is 32.1. The smallest absolute Gasteiger partial charge is 0.133 e. The van der Waals surface area contributed by atoms with Crippen LogP contribution in [-0.4, -0.2) is 10.1 Å². The monoisotopic (exact) mass is 237 g/mol. The van der Waals surface area contributed by atoms with Crippen molar-refractivity contribution in [2.75, 3.05) is 0 Å². The molecule has 4 heteroatoms. The van der Waals surface area contributed by atoms with Gasteiger partial charge in [0.15, 0.2) is 0 Å². The third-order valence-electron chi connectivity index (χ3n) is 2.30. The van der Waals surface area contributed by atoms with Gasteiger partial charge in [0, 0.05) is 10.9 Å². The molecule has 0 amide bonds. The van der Waals surface area contributed by atoms with Crippen molar-refractivity contribution < 1.29 is 9.50 Å². The van der Waals surface area contributed by atoms with Crippen molar-refractivity contribution in [1.82, 2.24) is 4.98 Å². The van der Waals surface area contributed by atoms with Gasteiger partial charge in [-0.3, -0.25) is 0 Å². The van der Waals surface area contributed by atoms with Crippen molar-refractivity contribution >= 4 is 11.3 Å². The molecule has 0 aliphatic carbocycles. The van der Waals surface area contributed by atoms with E-state index in [1.165, 1.54) is 17.4 Å². The average molecular weight is 237 g/mol. The first-order valence-electron chi connectivity index (χ1n) is 4.98. The van der Waals surface area contributed by atoms with Crippen LogP contribution in [0.2, 0.25) is 0 Å². The summed E-state index contributed by atoms with van der Waals surface area (Å²) in [6, 6.07) is 5.05. The normalized spacial score (nSPS) is 12.8. The van der Waals surface area contributed by atoms with E-state index in [0.717, 1.165) is 5.56 Å². The van der Waals surface area contributed by atoms with E-state index >= 15 is 0 Å². The molecule has 1 atom stereocenters. The van der Waals surface area contributed by atoms with Crippen LogP contribution in [0.4, 0.5) is 4.39 Å². The second kappa shape index (κ2) is 4.31. The van der Waals surface area contributed by atoms with Gasteiger partial charge >= 0.3 is 0 Å². The SMILES string of the molecule is Cc1ccc(-c2nc(C(C)O)cs2)c(F)c1. The number of thiazole rings is 1. The van der Waals surface area contributed by atoms with E-state index in [4.69, 9.17) is 0 Å². The van der Waals surface area contributed by atoms with E-state index in [-0.39, 0.29) is 5.82 Å². The minimum Gasteiger partial charge on any atom is -0.387 e. The maximum absolute atomic E-state index is 13.7. The van der Waals surface area contributed by atoms with Crippen LogP contribution < -0.4 is 0 Å². The lowest BCUT2D eigenvalue weighted by Gasteiger charge is -2.00. The Labute approximate surface area is 97.4 Å². The molecule has 0 saturated heterocycles. The molecule has 0 bridgehead atoms. The summed E-state index contributed by atoms with van der Waals surface area (Å²) in [4.78, 5) is 4.20. The number of aliphatic hydroxyl groups is 1. The van der Waals surface area contributed by atoms with E-state index in [2.05, 4.69) is 4.98 Å². The Bertz CT molecular complexity index is 507. The summed E-state index contributed by atoms with van der Waals surface area (Å²) in [6.07, 6.45) is -0.612. The number of rotatable bonds is 2. The molecule has 0 saturated carbocycles. The van der Waals surface area contributed by atoms with Crippen LogP contribution in [0.3, 0.4) is 0 Å². The first-order chi connectivity index (χ1) is 7.58. The van der Waals surface area contributed by atoms with Gasteiger partial charge < -0.3 is 5.11 Å². The second-order valence-electron chi connectivity index (χ2n) is 3.74. The topological polar surface area (TPSA) is 33.1 Å². The largest absolute Gasteiger partial charge is 0.387 e. The summed E-state index contributed by atoms with van der Waals surface area (Å²) in [5, 5.41) is 11.7. The Morgan fingerprint density at radius 1 is 1.44 bits per heavy atom. The van der Waals surface area contributed by atoms with Crippen molar-refractivity contribution in [3.63, 3.8) is 0 Å². The molecule has 0 radical (unpaired) electrons. The molecule has 1 aromatic carbocycles. The zero-order chi connectivity index (χ0) is 11.7. The highest BCUT2D eigenvalue weighted by Crippen LogP contribution is 2.28. The minimum absolute atomic E-state index is 0.272. The Morgan fingerprint density at radius 2 is 2.19 bits per heavy atom. The van der Waals surface area contributed by atoms with Gasteiger partial charge in [-0.25, -0.2) is 9.37 Å². The van der Waals surface area contributed by atoms with Crippen molar-refractivity contribution in [1.29, 1.82) is 0 Å².